The molecular formula is C15H23ClN2. The Morgan fingerprint density at radius 1 is 1.33 bits per heavy atom. The van der Waals surface area contributed by atoms with Crippen molar-refractivity contribution in [1.29, 1.82) is 0 Å². The first kappa shape index (κ1) is 13.9. The van der Waals surface area contributed by atoms with Crippen molar-refractivity contribution in [1.82, 2.24) is 4.90 Å². The van der Waals surface area contributed by atoms with Crippen LogP contribution in [-0.2, 0) is 6.42 Å². The van der Waals surface area contributed by atoms with Crippen molar-refractivity contribution < 1.29 is 0 Å². The van der Waals surface area contributed by atoms with Crippen LogP contribution >= 0.6 is 11.6 Å². The summed E-state index contributed by atoms with van der Waals surface area (Å²) in [4.78, 5) is 2.55. The minimum atomic E-state index is 0.707. The van der Waals surface area contributed by atoms with Crippen molar-refractivity contribution in [3.05, 3.63) is 34.9 Å². The zero-order valence-corrected chi connectivity index (χ0v) is 11.7. The van der Waals surface area contributed by atoms with E-state index < -0.39 is 0 Å². The van der Waals surface area contributed by atoms with Crippen molar-refractivity contribution in [3.8, 4) is 0 Å². The Morgan fingerprint density at radius 3 is 2.94 bits per heavy atom. The zero-order valence-electron chi connectivity index (χ0n) is 10.9. The van der Waals surface area contributed by atoms with Gasteiger partial charge in [-0.15, -0.1) is 0 Å². The van der Waals surface area contributed by atoms with E-state index in [1.54, 1.807) is 0 Å². The fourth-order valence-corrected chi connectivity index (χ4v) is 2.97. The zero-order chi connectivity index (χ0) is 12.8. The van der Waals surface area contributed by atoms with E-state index in [4.69, 9.17) is 17.3 Å². The van der Waals surface area contributed by atoms with Crippen molar-refractivity contribution in [2.24, 2.45) is 11.7 Å². The Balaban J connectivity index is 1.73. The number of rotatable bonds is 5. The molecule has 2 nitrogen and oxygen atoms in total. The summed E-state index contributed by atoms with van der Waals surface area (Å²) in [6, 6.07) is 8.15. The molecule has 1 fully saturated rings. The molecule has 0 amide bonds. The maximum absolute atomic E-state index is 6.16. The molecule has 0 saturated carbocycles. The number of halogens is 1. The van der Waals surface area contributed by atoms with Crippen LogP contribution in [0.5, 0.6) is 0 Å². The fraction of sp³-hybridized carbons (Fsp3) is 0.600. The Morgan fingerprint density at radius 2 is 2.17 bits per heavy atom. The van der Waals surface area contributed by atoms with Crippen LogP contribution in [0.2, 0.25) is 5.02 Å². The molecule has 0 aliphatic carbocycles. The van der Waals surface area contributed by atoms with E-state index in [2.05, 4.69) is 17.0 Å². The number of nitrogens with zero attached hydrogens (tertiary/aromatic N) is 1. The Bertz CT molecular complexity index is 367. The number of hydrogen-bond acceptors (Lipinski definition) is 2. The van der Waals surface area contributed by atoms with Gasteiger partial charge in [0.2, 0.25) is 0 Å². The van der Waals surface area contributed by atoms with Gasteiger partial charge in [0, 0.05) is 11.6 Å². The van der Waals surface area contributed by atoms with Crippen LogP contribution < -0.4 is 5.73 Å². The lowest BCUT2D eigenvalue weighted by Gasteiger charge is -2.32. The highest BCUT2D eigenvalue weighted by molar-refractivity contribution is 6.31. The van der Waals surface area contributed by atoms with E-state index >= 15 is 0 Å². The largest absolute Gasteiger partial charge is 0.330 e. The molecule has 0 spiro atoms. The second-order valence-corrected chi connectivity index (χ2v) is 5.65. The summed E-state index contributed by atoms with van der Waals surface area (Å²) in [5, 5.41) is 0.899. The third kappa shape index (κ3) is 3.98. The quantitative estimate of drug-likeness (QED) is 0.888. The first-order chi connectivity index (χ1) is 8.79. The summed E-state index contributed by atoms with van der Waals surface area (Å²) in [7, 11) is 0. The van der Waals surface area contributed by atoms with Gasteiger partial charge < -0.3 is 10.6 Å². The molecule has 2 N–H and O–H groups in total. The van der Waals surface area contributed by atoms with Gasteiger partial charge in [-0.1, -0.05) is 29.8 Å². The lowest BCUT2D eigenvalue weighted by molar-refractivity contribution is 0.176. The number of hydrogen-bond donors (Lipinski definition) is 1. The van der Waals surface area contributed by atoms with Gasteiger partial charge in [0.05, 0.1) is 0 Å². The molecule has 3 heteroatoms. The van der Waals surface area contributed by atoms with Crippen molar-refractivity contribution in [2.45, 2.75) is 25.7 Å². The van der Waals surface area contributed by atoms with Crippen LogP contribution in [-0.4, -0.2) is 31.1 Å². The molecule has 1 saturated heterocycles. The van der Waals surface area contributed by atoms with Crippen LogP contribution in [0.1, 0.15) is 24.8 Å². The number of aryl methyl sites for hydroxylation is 1. The molecule has 18 heavy (non-hydrogen) atoms. The van der Waals surface area contributed by atoms with Crippen molar-refractivity contribution in [3.63, 3.8) is 0 Å². The highest BCUT2D eigenvalue weighted by Crippen LogP contribution is 2.18. The molecule has 1 aliphatic heterocycles. The Labute approximate surface area is 115 Å². The second kappa shape index (κ2) is 7.13. The summed E-state index contributed by atoms with van der Waals surface area (Å²) in [6.45, 7) is 4.42. The van der Waals surface area contributed by atoms with Crippen LogP contribution in [0.3, 0.4) is 0 Å². The molecule has 1 heterocycles. The summed E-state index contributed by atoms with van der Waals surface area (Å²) in [5.74, 6) is 0.707. The van der Waals surface area contributed by atoms with Gasteiger partial charge in [-0.3, -0.25) is 0 Å². The van der Waals surface area contributed by atoms with E-state index in [0.29, 0.717) is 5.92 Å². The van der Waals surface area contributed by atoms with Gasteiger partial charge in [0.15, 0.2) is 0 Å². The summed E-state index contributed by atoms with van der Waals surface area (Å²) in [5.41, 5.74) is 7.03. The van der Waals surface area contributed by atoms with Gasteiger partial charge in [-0.2, -0.15) is 0 Å². The lowest BCUT2D eigenvalue weighted by atomic mass is 9.98. The summed E-state index contributed by atoms with van der Waals surface area (Å²) >= 11 is 6.16. The minimum Gasteiger partial charge on any atom is -0.330 e. The van der Waals surface area contributed by atoms with Gasteiger partial charge >= 0.3 is 0 Å². The molecule has 0 aromatic heterocycles. The molecule has 2 rings (SSSR count). The maximum atomic E-state index is 6.16. The summed E-state index contributed by atoms with van der Waals surface area (Å²) < 4.78 is 0. The van der Waals surface area contributed by atoms with E-state index in [9.17, 15) is 0 Å². The molecule has 1 atom stereocenters. The molecular weight excluding hydrogens is 244 g/mol. The molecule has 1 unspecified atom stereocenters. The molecule has 1 aromatic rings. The van der Waals surface area contributed by atoms with Gasteiger partial charge in [-0.25, -0.2) is 0 Å². The van der Waals surface area contributed by atoms with Crippen LogP contribution in [0.4, 0.5) is 0 Å². The third-order valence-corrected chi connectivity index (χ3v) is 4.18. The highest BCUT2D eigenvalue weighted by atomic mass is 35.5. The predicted molar refractivity (Wildman–Crippen MR) is 78.0 cm³/mol. The van der Waals surface area contributed by atoms with Crippen LogP contribution in [0, 0.1) is 5.92 Å². The van der Waals surface area contributed by atoms with Gasteiger partial charge in [0.1, 0.15) is 0 Å². The SMILES string of the molecule is NCC1CCCN(CCCc2ccccc2Cl)C1. The fourth-order valence-electron chi connectivity index (χ4n) is 2.74. The van der Waals surface area contributed by atoms with Crippen molar-refractivity contribution >= 4 is 11.6 Å². The first-order valence-electron chi connectivity index (χ1n) is 6.95. The number of benzene rings is 1. The van der Waals surface area contributed by atoms with Crippen LogP contribution in [0.25, 0.3) is 0 Å². The van der Waals surface area contributed by atoms with E-state index in [-0.39, 0.29) is 0 Å². The minimum absolute atomic E-state index is 0.707. The molecule has 0 bridgehead atoms. The third-order valence-electron chi connectivity index (χ3n) is 3.81. The Hall–Kier alpha value is -0.570. The normalized spacial score (nSPS) is 21.1. The standard InChI is InChI=1S/C15H23ClN2/c16-15-8-2-1-6-14(15)7-4-10-18-9-3-5-13(11-17)12-18/h1-2,6,8,13H,3-5,7,9-12,17H2. The molecule has 0 radical (unpaired) electrons. The Kier molecular flexibility index (Phi) is 5.48. The van der Waals surface area contributed by atoms with Gasteiger partial charge in [0.25, 0.3) is 0 Å². The smallest absolute Gasteiger partial charge is 0.0437 e. The topological polar surface area (TPSA) is 29.3 Å². The second-order valence-electron chi connectivity index (χ2n) is 5.24. The van der Waals surface area contributed by atoms with E-state index in [1.807, 2.05) is 12.1 Å². The molecule has 1 aliphatic rings. The average Bonchev–Trinajstić information content (AvgIpc) is 2.41. The monoisotopic (exact) mass is 266 g/mol. The van der Waals surface area contributed by atoms with E-state index in [0.717, 1.165) is 18.0 Å². The molecule has 100 valence electrons. The van der Waals surface area contributed by atoms with Crippen LogP contribution in [0.15, 0.2) is 24.3 Å². The first-order valence-corrected chi connectivity index (χ1v) is 7.33. The maximum Gasteiger partial charge on any atom is 0.0437 e. The van der Waals surface area contributed by atoms with Crippen molar-refractivity contribution in [2.75, 3.05) is 26.2 Å². The molecule has 1 aromatic carbocycles. The number of piperidine rings is 1. The summed E-state index contributed by atoms with van der Waals surface area (Å²) in [6.07, 6.45) is 4.86. The average molecular weight is 267 g/mol. The number of nitrogens with two attached hydrogens (primary N) is 1. The highest BCUT2D eigenvalue weighted by Gasteiger charge is 2.17. The lowest BCUT2D eigenvalue weighted by Crippen LogP contribution is -2.38. The number of likely N-dealkylation sites (tertiary alicyclic amines) is 1. The predicted octanol–water partition coefficient (Wildman–Crippen LogP) is 2.94. The van der Waals surface area contributed by atoms with E-state index in [1.165, 1.54) is 44.5 Å². The van der Waals surface area contributed by atoms with Gasteiger partial charge in [-0.05, 0) is 62.9 Å².